The molecule has 1 aromatic carbocycles. The number of fused-ring (bicyclic) bond motifs is 1. The molecule has 1 saturated heterocycles. The normalized spacial score (nSPS) is 13.7. The van der Waals surface area contributed by atoms with Crippen molar-refractivity contribution < 1.29 is 23.8 Å². The highest BCUT2D eigenvalue weighted by molar-refractivity contribution is 5.79. The van der Waals surface area contributed by atoms with Crippen LogP contribution in [0.1, 0.15) is 30.2 Å². The highest BCUT2D eigenvalue weighted by Crippen LogP contribution is 2.29. The number of methoxy groups -OCH3 is 2. The van der Waals surface area contributed by atoms with Gasteiger partial charge in [-0.1, -0.05) is 6.07 Å². The molecule has 3 heterocycles. The highest BCUT2D eigenvalue weighted by atomic mass is 16.5. The largest absolute Gasteiger partial charge is 0.493 e. The first-order valence-electron chi connectivity index (χ1n) is 12.0. The summed E-state index contributed by atoms with van der Waals surface area (Å²) in [7, 11) is 3.17. The van der Waals surface area contributed by atoms with Gasteiger partial charge in [0.15, 0.2) is 11.5 Å². The van der Waals surface area contributed by atoms with Crippen LogP contribution in [-0.4, -0.2) is 83.4 Å². The van der Waals surface area contributed by atoms with E-state index in [9.17, 15) is 9.59 Å². The summed E-state index contributed by atoms with van der Waals surface area (Å²) in [5.74, 6) is 2.43. The zero-order chi connectivity index (χ0) is 25.7. The quantitative estimate of drug-likeness (QED) is 0.410. The summed E-state index contributed by atoms with van der Waals surface area (Å²) in [6.45, 7) is 6.46. The predicted octanol–water partition coefficient (Wildman–Crippen LogP) is 1.84. The summed E-state index contributed by atoms with van der Waals surface area (Å²) >= 11 is 0. The lowest BCUT2D eigenvalue weighted by Gasteiger charge is -2.37. The molecular formula is C25H32N6O5. The molecule has 0 unspecified atom stereocenters. The second-order valence-corrected chi connectivity index (χ2v) is 8.51. The lowest BCUT2D eigenvalue weighted by molar-refractivity contribution is -0.143. The van der Waals surface area contributed by atoms with Crippen LogP contribution in [-0.2, 0) is 27.2 Å². The second-order valence-electron chi connectivity index (χ2n) is 8.51. The molecule has 0 N–H and O–H groups in total. The maximum atomic E-state index is 13.0. The van der Waals surface area contributed by atoms with Gasteiger partial charge >= 0.3 is 5.97 Å². The SMILES string of the molecule is CCOC(=O)CCc1c(C)nc2ncnn2c1N1CCN(C(=O)Cc2ccc(OC)c(OC)c2)CC1. The summed E-state index contributed by atoms with van der Waals surface area (Å²) in [6, 6.07) is 5.53. The lowest BCUT2D eigenvalue weighted by Crippen LogP contribution is -2.50. The number of hydrogen-bond donors (Lipinski definition) is 0. The van der Waals surface area contributed by atoms with Crippen LogP contribution < -0.4 is 14.4 Å². The van der Waals surface area contributed by atoms with Gasteiger partial charge in [0.2, 0.25) is 5.91 Å². The van der Waals surface area contributed by atoms with E-state index in [1.165, 1.54) is 6.33 Å². The number of esters is 1. The Labute approximate surface area is 210 Å². The fourth-order valence-electron chi connectivity index (χ4n) is 4.49. The van der Waals surface area contributed by atoms with Crippen LogP contribution in [0, 0.1) is 6.92 Å². The monoisotopic (exact) mass is 496 g/mol. The standard InChI is InChI=1S/C25H32N6O5/c1-5-36-23(33)9-7-19-17(2)28-25-26-16-27-31(25)24(19)30-12-10-29(11-13-30)22(32)15-18-6-8-20(34-3)21(14-18)35-4/h6,8,14,16H,5,7,9-13,15H2,1-4H3. The molecule has 11 heteroatoms. The molecule has 11 nitrogen and oxygen atoms in total. The summed E-state index contributed by atoms with van der Waals surface area (Å²) in [6.07, 6.45) is 2.50. The highest BCUT2D eigenvalue weighted by Gasteiger charge is 2.26. The summed E-state index contributed by atoms with van der Waals surface area (Å²) in [5, 5.41) is 4.38. The molecule has 36 heavy (non-hydrogen) atoms. The molecule has 3 aromatic rings. The second kappa shape index (κ2) is 11.2. The van der Waals surface area contributed by atoms with Crippen molar-refractivity contribution in [3.05, 3.63) is 41.3 Å². The lowest BCUT2D eigenvalue weighted by atomic mass is 10.1. The van der Waals surface area contributed by atoms with Crippen molar-refractivity contribution in [1.29, 1.82) is 0 Å². The molecule has 1 aliphatic heterocycles. The molecule has 0 aliphatic carbocycles. The van der Waals surface area contributed by atoms with Crippen molar-refractivity contribution in [3.63, 3.8) is 0 Å². The molecule has 0 bridgehead atoms. The topological polar surface area (TPSA) is 111 Å². The van der Waals surface area contributed by atoms with Crippen LogP contribution in [0.15, 0.2) is 24.5 Å². The van der Waals surface area contributed by atoms with Gasteiger partial charge in [-0.3, -0.25) is 9.59 Å². The number of amides is 1. The molecule has 0 saturated carbocycles. The average Bonchev–Trinajstić information content (AvgIpc) is 3.35. The number of carbonyl (C=O) groups is 2. The fourth-order valence-corrected chi connectivity index (χ4v) is 4.49. The van der Waals surface area contributed by atoms with Crippen LogP contribution in [0.25, 0.3) is 5.78 Å². The number of piperazine rings is 1. The van der Waals surface area contributed by atoms with E-state index >= 15 is 0 Å². The van der Waals surface area contributed by atoms with E-state index in [1.54, 1.807) is 25.7 Å². The Morgan fingerprint density at radius 3 is 2.50 bits per heavy atom. The number of rotatable bonds is 9. The van der Waals surface area contributed by atoms with E-state index in [4.69, 9.17) is 14.2 Å². The molecular weight excluding hydrogens is 464 g/mol. The fraction of sp³-hybridized carbons (Fsp3) is 0.480. The van der Waals surface area contributed by atoms with Crippen molar-refractivity contribution in [2.75, 3.05) is 51.9 Å². The maximum absolute atomic E-state index is 13.0. The van der Waals surface area contributed by atoms with Crippen molar-refractivity contribution in [2.24, 2.45) is 0 Å². The smallest absolute Gasteiger partial charge is 0.306 e. The van der Waals surface area contributed by atoms with Gasteiger partial charge in [0.1, 0.15) is 12.1 Å². The molecule has 1 amide bonds. The predicted molar refractivity (Wildman–Crippen MR) is 133 cm³/mol. The van der Waals surface area contributed by atoms with E-state index < -0.39 is 0 Å². The third-order valence-electron chi connectivity index (χ3n) is 6.32. The van der Waals surface area contributed by atoms with Gasteiger partial charge in [-0.25, -0.2) is 4.98 Å². The molecule has 0 spiro atoms. The first-order chi connectivity index (χ1) is 17.4. The van der Waals surface area contributed by atoms with Crippen LogP contribution in [0.4, 0.5) is 5.82 Å². The minimum absolute atomic E-state index is 0.0567. The molecule has 192 valence electrons. The Morgan fingerprint density at radius 1 is 1.06 bits per heavy atom. The zero-order valence-corrected chi connectivity index (χ0v) is 21.2. The number of hydrogen-bond acceptors (Lipinski definition) is 9. The van der Waals surface area contributed by atoms with Crippen LogP contribution >= 0.6 is 0 Å². The molecule has 1 aliphatic rings. The summed E-state index contributed by atoms with van der Waals surface area (Å²) in [5.41, 5.74) is 2.61. The number of ether oxygens (including phenoxy) is 3. The van der Waals surface area contributed by atoms with Gasteiger partial charge < -0.3 is 24.0 Å². The Hall–Kier alpha value is -3.89. The Bertz CT molecular complexity index is 1240. The van der Waals surface area contributed by atoms with E-state index in [0.29, 0.717) is 56.5 Å². The molecule has 0 radical (unpaired) electrons. The minimum Gasteiger partial charge on any atom is -0.493 e. The third kappa shape index (κ3) is 5.34. The zero-order valence-electron chi connectivity index (χ0n) is 21.2. The van der Waals surface area contributed by atoms with Crippen molar-refractivity contribution in [2.45, 2.75) is 33.1 Å². The van der Waals surface area contributed by atoms with Gasteiger partial charge in [0.25, 0.3) is 5.78 Å². The summed E-state index contributed by atoms with van der Waals surface area (Å²) in [4.78, 5) is 37.9. The van der Waals surface area contributed by atoms with Gasteiger partial charge in [-0.05, 0) is 38.0 Å². The number of aromatic nitrogens is 4. The first kappa shape index (κ1) is 25.2. The van der Waals surface area contributed by atoms with Crippen molar-refractivity contribution in [3.8, 4) is 11.5 Å². The van der Waals surface area contributed by atoms with Crippen molar-refractivity contribution in [1.82, 2.24) is 24.5 Å². The van der Waals surface area contributed by atoms with E-state index in [-0.39, 0.29) is 24.7 Å². The number of benzene rings is 1. The van der Waals surface area contributed by atoms with Gasteiger partial charge in [-0.2, -0.15) is 14.6 Å². The van der Waals surface area contributed by atoms with Crippen molar-refractivity contribution >= 4 is 23.5 Å². The Balaban J connectivity index is 1.47. The number of carbonyl (C=O) groups excluding carboxylic acids is 2. The molecule has 2 aromatic heterocycles. The molecule has 1 fully saturated rings. The number of nitrogens with zero attached hydrogens (tertiary/aromatic N) is 6. The van der Waals surface area contributed by atoms with Gasteiger partial charge in [0, 0.05) is 43.9 Å². The average molecular weight is 497 g/mol. The third-order valence-corrected chi connectivity index (χ3v) is 6.32. The number of anilines is 1. The first-order valence-corrected chi connectivity index (χ1v) is 12.0. The Morgan fingerprint density at radius 2 is 1.81 bits per heavy atom. The van der Waals surface area contributed by atoms with Crippen LogP contribution in [0.2, 0.25) is 0 Å². The van der Waals surface area contributed by atoms with Crippen LogP contribution in [0.5, 0.6) is 11.5 Å². The summed E-state index contributed by atoms with van der Waals surface area (Å²) < 4.78 is 17.5. The maximum Gasteiger partial charge on any atom is 0.306 e. The molecule has 4 rings (SSSR count). The van der Waals surface area contributed by atoms with Crippen LogP contribution in [0.3, 0.4) is 0 Å². The van der Waals surface area contributed by atoms with E-state index in [0.717, 1.165) is 22.6 Å². The van der Waals surface area contributed by atoms with E-state index in [2.05, 4.69) is 20.0 Å². The molecule has 0 atom stereocenters. The Kier molecular flexibility index (Phi) is 7.87. The minimum atomic E-state index is -0.243. The van der Waals surface area contributed by atoms with E-state index in [1.807, 2.05) is 30.0 Å². The van der Waals surface area contributed by atoms with Gasteiger partial charge in [0.05, 0.1) is 27.2 Å². The van der Waals surface area contributed by atoms with Gasteiger partial charge in [-0.15, -0.1) is 0 Å². The number of aryl methyl sites for hydroxylation is 1.